The van der Waals surface area contributed by atoms with Gasteiger partial charge in [0.1, 0.15) is 6.04 Å². The number of rotatable bonds is 2. The van der Waals surface area contributed by atoms with E-state index in [-0.39, 0.29) is 18.6 Å². The zero-order valence-corrected chi connectivity index (χ0v) is 14.1. The van der Waals surface area contributed by atoms with Gasteiger partial charge < -0.3 is 20.3 Å². The number of nitrogens with one attached hydrogen (secondary N) is 2. The van der Waals surface area contributed by atoms with Gasteiger partial charge in [-0.15, -0.1) is 0 Å². The van der Waals surface area contributed by atoms with Crippen LogP contribution in [0.15, 0.2) is 54.7 Å². The molecule has 5 nitrogen and oxygen atoms in total. The van der Waals surface area contributed by atoms with Crippen LogP contribution in [0.25, 0.3) is 10.9 Å². The second-order valence-corrected chi connectivity index (χ2v) is 6.53. The van der Waals surface area contributed by atoms with Crippen molar-refractivity contribution in [3.8, 4) is 0 Å². The molecular formula is C20H21N3O2. The predicted octanol–water partition coefficient (Wildman–Crippen LogP) is 2.38. The van der Waals surface area contributed by atoms with Gasteiger partial charge in [0.05, 0.1) is 12.6 Å². The van der Waals surface area contributed by atoms with Gasteiger partial charge in [-0.2, -0.15) is 0 Å². The van der Waals surface area contributed by atoms with E-state index in [1.165, 1.54) is 0 Å². The van der Waals surface area contributed by atoms with Crippen LogP contribution in [-0.2, 0) is 11.2 Å². The van der Waals surface area contributed by atoms with Crippen molar-refractivity contribution in [2.45, 2.75) is 18.5 Å². The Morgan fingerprint density at radius 2 is 1.96 bits per heavy atom. The first-order valence-electron chi connectivity index (χ1n) is 8.47. The topological polar surface area (TPSA) is 68.4 Å². The van der Waals surface area contributed by atoms with E-state index in [1.807, 2.05) is 66.7 Å². The molecule has 2 aromatic carbocycles. The molecule has 1 aliphatic rings. The minimum Gasteiger partial charge on any atom is -0.394 e. The van der Waals surface area contributed by atoms with E-state index in [9.17, 15) is 9.90 Å². The maximum Gasteiger partial charge on any atom is 0.247 e. The molecule has 0 spiro atoms. The number of benzene rings is 2. The monoisotopic (exact) mass is 335 g/mol. The first-order valence-corrected chi connectivity index (χ1v) is 8.47. The predicted molar refractivity (Wildman–Crippen MR) is 98.6 cm³/mol. The largest absolute Gasteiger partial charge is 0.394 e. The number of aromatic amines is 1. The fraction of sp³-hybridized carbons (Fsp3) is 0.250. The Hall–Kier alpha value is -2.79. The van der Waals surface area contributed by atoms with Crippen LogP contribution >= 0.6 is 0 Å². The zero-order chi connectivity index (χ0) is 17.4. The number of anilines is 1. The van der Waals surface area contributed by atoms with Crippen LogP contribution in [-0.4, -0.2) is 35.7 Å². The van der Waals surface area contributed by atoms with Gasteiger partial charge in [0.15, 0.2) is 0 Å². The molecular weight excluding hydrogens is 314 g/mol. The Balaban J connectivity index is 1.92. The first-order chi connectivity index (χ1) is 12.2. The smallest absolute Gasteiger partial charge is 0.247 e. The maximum absolute atomic E-state index is 13.0. The average molecular weight is 335 g/mol. The van der Waals surface area contributed by atoms with Crippen molar-refractivity contribution in [2.24, 2.45) is 0 Å². The number of amides is 1. The molecule has 0 saturated heterocycles. The first kappa shape index (κ1) is 15.7. The van der Waals surface area contributed by atoms with E-state index >= 15 is 0 Å². The number of likely N-dealkylation sites (N-methyl/N-ethyl adjacent to an activating group) is 1. The minimum absolute atomic E-state index is 0.0915. The normalized spacial score (nSPS) is 20.7. The van der Waals surface area contributed by atoms with Crippen LogP contribution in [0.3, 0.4) is 0 Å². The highest BCUT2D eigenvalue weighted by molar-refractivity contribution is 5.98. The van der Waals surface area contributed by atoms with Gasteiger partial charge in [-0.25, -0.2) is 0 Å². The van der Waals surface area contributed by atoms with Crippen molar-refractivity contribution in [1.82, 2.24) is 10.3 Å². The molecule has 0 aliphatic carbocycles. The Kier molecular flexibility index (Phi) is 3.93. The lowest BCUT2D eigenvalue weighted by Crippen LogP contribution is -2.45. The second kappa shape index (κ2) is 6.26. The molecule has 2 atom stereocenters. The highest BCUT2D eigenvalue weighted by Gasteiger charge is 2.30. The van der Waals surface area contributed by atoms with E-state index in [0.717, 1.165) is 27.7 Å². The summed E-state index contributed by atoms with van der Waals surface area (Å²) in [5.41, 5.74) is 4.08. The van der Waals surface area contributed by atoms with Gasteiger partial charge in [0.2, 0.25) is 5.91 Å². The van der Waals surface area contributed by atoms with Gasteiger partial charge in [0, 0.05) is 29.8 Å². The molecule has 128 valence electrons. The minimum atomic E-state index is -0.457. The Morgan fingerprint density at radius 1 is 1.16 bits per heavy atom. The standard InChI is InChI=1S/C20H21N3O2/c1-23-17-9-5-8-16-18(17)14(11-21-16)10-15(12-24)22-20(25)19(23)13-6-3-2-4-7-13/h2-9,11,15,19,21,24H,10,12H2,1H3,(H,22,25)/t15-,19-/m0/s1. The lowest BCUT2D eigenvalue weighted by molar-refractivity contribution is -0.123. The fourth-order valence-corrected chi connectivity index (χ4v) is 3.72. The van der Waals surface area contributed by atoms with Crippen LogP contribution in [0.2, 0.25) is 0 Å². The molecule has 0 fully saturated rings. The van der Waals surface area contributed by atoms with Crippen molar-refractivity contribution in [1.29, 1.82) is 0 Å². The fourth-order valence-electron chi connectivity index (χ4n) is 3.72. The van der Waals surface area contributed by atoms with Gasteiger partial charge in [0.25, 0.3) is 0 Å². The summed E-state index contributed by atoms with van der Waals surface area (Å²) in [6.07, 6.45) is 2.56. The summed E-state index contributed by atoms with van der Waals surface area (Å²) < 4.78 is 0. The van der Waals surface area contributed by atoms with Crippen molar-refractivity contribution in [2.75, 3.05) is 18.6 Å². The molecule has 5 heteroatoms. The number of hydrogen-bond donors (Lipinski definition) is 3. The van der Waals surface area contributed by atoms with Crippen LogP contribution in [0.1, 0.15) is 17.2 Å². The van der Waals surface area contributed by atoms with Crippen LogP contribution in [0.5, 0.6) is 0 Å². The second-order valence-electron chi connectivity index (χ2n) is 6.53. The third kappa shape index (κ3) is 2.66. The number of aliphatic hydroxyl groups excluding tert-OH is 1. The third-order valence-corrected chi connectivity index (χ3v) is 4.93. The van der Waals surface area contributed by atoms with Crippen molar-refractivity contribution in [3.05, 3.63) is 65.9 Å². The molecule has 2 heterocycles. The number of aliphatic hydroxyl groups is 1. The third-order valence-electron chi connectivity index (χ3n) is 4.93. The summed E-state index contributed by atoms with van der Waals surface area (Å²) in [4.78, 5) is 18.3. The van der Waals surface area contributed by atoms with Crippen molar-refractivity contribution < 1.29 is 9.90 Å². The molecule has 3 aromatic rings. The highest BCUT2D eigenvalue weighted by Crippen LogP contribution is 2.35. The van der Waals surface area contributed by atoms with Crippen molar-refractivity contribution in [3.63, 3.8) is 0 Å². The molecule has 1 aromatic heterocycles. The number of H-pyrrole nitrogens is 1. The van der Waals surface area contributed by atoms with Gasteiger partial charge >= 0.3 is 0 Å². The summed E-state index contributed by atoms with van der Waals surface area (Å²) in [5, 5.41) is 13.9. The molecule has 0 radical (unpaired) electrons. The van der Waals surface area contributed by atoms with Crippen LogP contribution in [0, 0.1) is 0 Å². The van der Waals surface area contributed by atoms with Gasteiger partial charge in [-0.05, 0) is 29.7 Å². The Bertz CT molecular complexity index is 904. The van der Waals surface area contributed by atoms with E-state index in [2.05, 4.69) is 10.3 Å². The molecule has 1 aliphatic heterocycles. The molecule has 0 saturated carbocycles. The molecule has 25 heavy (non-hydrogen) atoms. The zero-order valence-electron chi connectivity index (χ0n) is 14.1. The van der Waals surface area contributed by atoms with Crippen LogP contribution < -0.4 is 10.2 Å². The SMILES string of the molecule is CN1c2cccc3[nH]cc(c23)C[C@@H](CO)NC(=O)[C@@H]1c1ccccc1. The summed E-state index contributed by atoms with van der Waals surface area (Å²) in [7, 11) is 1.95. The number of carbonyl (C=O) groups excluding carboxylic acids is 1. The number of hydrogen-bond acceptors (Lipinski definition) is 3. The summed E-state index contributed by atoms with van der Waals surface area (Å²) in [6.45, 7) is -0.0915. The molecule has 0 unspecified atom stereocenters. The lowest BCUT2D eigenvalue weighted by atomic mass is 10.0. The van der Waals surface area contributed by atoms with Crippen molar-refractivity contribution >= 4 is 22.5 Å². The summed E-state index contributed by atoms with van der Waals surface area (Å²) in [5.74, 6) is -0.0983. The number of nitrogens with zero attached hydrogens (tertiary/aromatic N) is 1. The average Bonchev–Trinajstić information content (AvgIpc) is 3.05. The molecule has 1 amide bonds. The Morgan fingerprint density at radius 3 is 2.72 bits per heavy atom. The molecule has 3 N–H and O–H groups in total. The van der Waals surface area contributed by atoms with Crippen LogP contribution in [0.4, 0.5) is 5.69 Å². The summed E-state index contributed by atoms with van der Waals surface area (Å²) in [6, 6.07) is 15.1. The quantitative estimate of drug-likeness (QED) is 0.673. The highest BCUT2D eigenvalue weighted by atomic mass is 16.3. The van der Waals surface area contributed by atoms with Gasteiger partial charge in [-0.1, -0.05) is 36.4 Å². The number of carbonyl (C=O) groups is 1. The van der Waals surface area contributed by atoms with E-state index in [4.69, 9.17) is 0 Å². The van der Waals surface area contributed by atoms with E-state index < -0.39 is 6.04 Å². The van der Waals surface area contributed by atoms with E-state index in [1.54, 1.807) is 0 Å². The maximum atomic E-state index is 13.0. The lowest BCUT2D eigenvalue weighted by Gasteiger charge is -2.30. The van der Waals surface area contributed by atoms with E-state index in [0.29, 0.717) is 6.42 Å². The summed E-state index contributed by atoms with van der Waals surface area (Å²) >= 11 is 0. The number of aromatic nitrogens is 1. The molecule has 4 rings (SSSR count). The van der Waals surface area contributed by atoms with Gasteiger partial charge in [-0.3, -0.25) is 4.79 Å². The Labute approximate surface area is 146 Å². The molecule has 0 bridgehead atoms.